The predicted octanol–water partition coefficient (Wildman–Crippen LogP) is 1.81. The number of carbonyl (C=O) groups is 3. The minimum atomic E-state index is -1.47. The van der Waals surface area contributed by atoms with Gasteiger partial charge in [0.1, 0.15) is 0 Å². The number of esters is 1. The first-order valence-electron chi connectivity index (χ1n) is 4.25. The maximum atomic E-state index is 11.3. The Hall–Kier alpha value is -2.48. The number of nitro groups is 1. The molecule has 1 N–H and O–H groups in total. The van der Waals surface area contributed by atoms with Crippen molar-refractivity contribution < 1.29 is 29.2 Å². The molecule has 1 aromatic carbocycles. The number of ether oxygens (including phenoxy) is 1. The van der Waals surface area contributed by atoms with Crippen LogP contribution in [0.5, 0.6) is 0 Å². The van der Waals surface area contributed by atoms with Gasteiger partial charge in [0.05, 0.1) is 16.1 Å². The largest absolute Gasteiger partial charge is 0.478 e. The Morgan fingerprint density at radius 1 is 1.22 bits per heavy atom. The Morgan fingerprint density at radius 3 is 2.22 bits per heavy atom. The molecule has 9 heteroatoms. The first-order chi connectivity index (χ1) is 8.31. The maximum absolute atomic E-state index is 11.3. The van der Waals surface area contributed by atoms with Gasteiger partial charge in [-0.1, -0.05) is 0 Å². The predicted molar refractivity (Wildman–Crippen MR) is 56.7 cm³/mol. The molecule has 0 aliphatic rings. The number of carboxylic acids is 1. The first kappa shape index (κ1) is 13.6. The molecule has 1 rings (SSSR count). The van der Waals surface area contributed by atoms with Crippen LogP contribution in [0.3, 0.4) is 0 Å². The molecule has 1 aromatic rings. The van der Waals surface area contributed by atoms with E-state index in [0.29, 0.717) is 0 Å². The lowest BCUT2D eigenvalue weighted by atomic mass is 10.1. The molecule has 0 spiro atoms. The highest BCUT2D eigenvalue weighted by Crippen LogP contribution is 2.18. The van der Waals surface area contributed by atoms with E-state index in [1.54, 1.807) is 0 Å². The lowest BCUT2D eigenvalue weighted by Gasteiger charge is -2.01. The van der Waals surface area contributed by atoms with Gasteiger partial charge in [-0.05, 0) is 6.07 Å². The van der Waals surface area contributed by atoms with E-state index in [0.717, 1.165) is 18.2 Å². The van der Waals surface area contributed by atoms with Crippen molar-refractivity contribution in [3.05, 3.63) is 39.4 Å². The molecule has 0 atom stereocenters. The molecular weight excluding hydrogens is 270 g/mol. The Kier molecular flexibility index (Phi) is 3.95. The highest BCUT2D eigenvalue weighted by molar-refractivity contribution is 6.62. The number of nitrogens with zero attached hydrogens (tertiary/aromatic N) is 1. The summed E-state index contributed by atoms with van der Waals surface area (Å²) in [4.78, 5) is 42.0. The van der Waals surface area contributed by atoms with Gasteiger partial charge < -0.3 is 9.84 Å². The molecule has 0 fully saturated rings. The maximum Gasteiger partial charge on any atom is 0.411 e. The van der Waals surface area contributed by atoms with Gasteiger partial charge in [-0.3, -0.25) is 10.1 Å². The highest BCUT2D eigenvalue weighted by Gasteiger charge is 2.19. The summed E-state index contributed by atoms with van der Waals surface area (Å²) in [5.41, 5.74) is -3.00. The molecule has 0 aromatic heterocycles. The number of aromatic carboxylic acids is 1. The zero-order valence-corrected chi connectivity index (χ0v) is 9.21. The molecule has 0 bridgehead atoms. The van der Waals surface area contributed by atoms with Crippen LogP contribution >= 0.6 is 11.6 Å². The van der Waals surface area contributed by atoms with E-state index in [1.807, 2.05) is 0 Å². The number of benzene rings is 1. The summed E-state index contributed by atoms with van der Waals surface area (Å²) in [5.74, 6) is -2.74. The zero-order chi connectivity index (χ0) is 13.9. The van der Waals surface area contributed by atoms with Crippen molar-refractivity contribution in [2.75, 3.05) is 0 Å². The Morgan fingerprint density at radius 2 is 1.78 bits per heavy atom. The van der Waals surface area contributed by atoms with Gasteiger partial charge in [0.2, 0.25) is 0 Å². The van der Waals surface area contributed by atoms with Crippen molar-refractivity contribution in [1.29, 1.82) is 0 Å². The summed E-state index contributed by atoms with van der Waals surface area (Å²) in [7, 11) is 0. The van der Waals surface area contributed by atoms with Crippen LogP contribution in [0.25, 0.3) is 0 Å². The fraction of sp³-hybridized carbons (Fsp3) is 0. The second-order valence-corrected chi connectivity index (χ2v) is 3.27. The second-order valence-electron chi connectivity index (χ2n) is 2.96. The van der Waals surface area contributed by atoms with Gasteiger partial charge >= 0.3 is 17.4 Å². The average Bonchev–Trinajstić information content (AvgIpc) is 2.27. The number of rotatable bonds is 3. The lowest BCUT2D eigenvalue weighted by molar-refractivity contribution is -0.384. The normalized spacial score (nSPS) is 9.61. The summed E-state index contributed by atoms with van der Waals surface area (Å²) in [6.07, 6.45) is 0. The molecule has 0 unspecified atom stereocenters. The van der Waals surface area contributed by atoms with Gasteiger partial charge in [-0.25, -0.2) is 14.4 Å². The van der Waals surface area contributed by atoms with E-state index in [9.17, 15) is 24.5 Å². The van der Waals surface area contributed by atoms with Crippen LogP contribution in [0.15, 0.2) is 18.2 Å². The third-order valence-electron chi connectivity index (χ3n) is 1.78. The Balaban J connectivity index is 3.27. The summed E-state index contributed by atoms with van der Waals surface area (Å²) < 4.78 is 3.98. The van der Waals surface area contributed by atoms with Gasteiger partial charge in [-0.2, -0.15) is 0 Å². The highest BCUT2D eigenvalue weighted by atomic mass is 35.5. The number of hydrogen-bond acceptors (Lipinski definition) is 6. The third-order valence-corrected chi connectivity index (χ3v) is 1.86. The summed E-state index contributed by atoms with van der Waals surface area (Å²) in [6.45, 7) is 0. The monoisotopic (exact) mass is 273 g/mol. The second kappa shape index (κ2) is 5.23. The van der Waals surface area contributed by atoms with E-state index in [-0.39, 0.29) is 0 Å². The van der Waals surface area contributed by atoms with Crippen molar-refractivity contribution in [2.24, 2.45) is 0 Å². The molecule has 8 nitrogen and oxygen atoms in total. The quantitative estimate of drug-likeness (QED) is 0.293. The van der Waals surface area contributed by atoms with Crippen LogP contribution in [-0.2, 0) is 4.74 Å². The fourth-order valence-corrected chi connectivity index (χ4v) is 1.16. The molecule has 0 aliphatic heterocycles. The summed E-state index contributed by atoms with van der Waals surface area (Å²) in [5, 5.41) is 19.3. The molecule has 0 amide bonds. The van der Waals surface area contributed by atoms with Crippen LogP contribution in [0.2, 0.25) is 0 Å². The number of carboxylic acid groups (broad SMARTS) is 1. The number of non-ortho nitro benzene ring substituents is 1. The average molecular weight is 274 g/mol. The Labute approximate surface area is 104 Å². The van der Waals surface area contributed by atoms with Gasteiger partial charge in [0.25, 0.3) is 5.69 Å². The molecule has 18 heavy (non-hydrogen) atoms. The lowest BCUT2D eigenvalue weighted by Crippen LogP contribution is -2.09. The summed E-state index contributed by atoms with van der Waals surface area (Å²) in [6, 6.07) is 2.37. The number of carbonyl (C=O) groups excluding carboxylic acids is 2. The van der Waals surface area contributed by atoms with Gasteiger partial charge in [-0.15, -0.1) is 0 Å². The smallest absolute Gasteiger partial charge is 0.411 e. The van der Waals surface area contributed by atoms with Crippen LogP contribution in [0.4, 0.5) is 10.5 Å². The van der Waals surface area contributed by atoms with Crippen LogP contribution < -0.4 is 0 Å². The minimum Gasteiger partial charge on any atom is -0.478 e. The molecule has 94 valence electrons. The van der Waals surface area contributed by atoms with Crippen molar-refractivity contribution in [3.8, 4) is 0 Å². The molecule has 0 saturated carbocycles. The fourth-order valence-electron chi connectivity index (χ4n) is 1.09. The Bertz CT molecular complexity index is 522. The molecule has 0 aliphatic carbocycles. The van der Waals surface area contributed by atoms with E-state index in [1.165, 1.54) is 0 Å². The van der Waals surface area contributed by atoms with E-state index in [4.69, 9.17) is 16.7 Å². The van der Waals surface area contributed by atoms with Gasteiger partial charge in [0.15, 0.2) is 0 Å². The van der Waals surface area contributed by atoms with Crippen LogP contribution in [0.1, 0.15) is 20.7 Å². The topological polar surface area (TPSA) is 124 Å². The molecule has 0 radical (unpaired) electrons. The van der Waals surface area contributed by atoms with Crippen molar-refractivity contribution in [3.63, 3.8) is 0 Å². The first-order valence-corrected chi connectivity index (χ1v) is 4.63. The van der Waals surface area contributed by atoms with Crippen molar-refractivity contribution in [1.82, 2.24) is 0 Å². The number of halogens is 1. The summed E-state index contributed by atoms with van der Waals surface area (Å²) >= 11 is 4.80. The zero-order valence-electron chi connectivity index (χ0n) is 8.45. The van der Waals surface area contributed by atoms with Crippen molar-refractivity contribution >= 4 is 34.7 Å². The minimum absolute atomic E-state index is 0.462. The van der Waals surface area contributed by atoms with E-state index < -0.39 is 39.1 Å². The molecule has 0 saturated heterocycles. The SMILES string of the molecule is O=C(Cl)OC(=O)c1cc(C(=O)O)cc([N+](=O)[O-])c1. The number of hydrogen-bond donors (Lipinski definition) is 1. The standard InChI is InChI=1S/C9H4ClNO7/c10-9(15)18-8(14)5-1-4(7(12)13)2-6(3-5)11(16)17/h1-3H,(H,12,13). The molecular formula is C9H4ClNO7. The van der Waals surface area contributed by atoms with Crippen molar-refractivity contribution in [2.45, 2.75) is 0 Å². The van der Waals surface area contributed by atoms with E-state index in [2.05, 4.69) is 4.74 Å². The van der Waals surface area contributed by atoms with Gasteiger partial charge in [0, 0.05) is 23.7 Å². The third kappa shape index (κ3) is 3.25. The van der Waals surface area contributed by atoms with Crippen LogP contribution in [0, 0.1) is 10.1 Å². The number of nitro benzene ring substituents is 1. The molecule has 0 heterocycles. The van der Waals surface area contributed by atoms with Crippen LogP contribution in [-0.4, -0.2) is 27.4 Å². The van der Waals surface area contributed by atoms with E-state index >= 15 is 0 Å².